The summed E-state index contributed by atoms with van der Waals surface area (Å²) in [5.74, 6) is 0.411. The van der Waals surface area contributed by atoms with E-state index in [4.69, 9.17) is 22.1 Å². The lowest BCUT2D eigenvalue weighted by molar-refractivity contribution is 0.0180. The van der Waals surface area contributed by atoms with Gasteiger partial charge in [0.25, 0.3) is 0 Å². The summed E-state index contributed by atoms with van der Waals surface area (Å²) in [7, 11) is 0. The maximum Gasteiger partial charge on any atom is 0.193 e. The van der Waals surface area contributed by atoms with Crippen molar-refractivity contribution in [1.29, 1.82) is 0 Å². The van der Waals surface area contributed by atoms with Gasteiger partial charge in [-0.05, 0) is 35.7 Å². The molecule has 0 saturated carbocycles. The molecule has 1 aliphatic heterocycles. The molecule has 0 aliphatic carbocycles. The van der Waals surface area contributed by atoms with Crippen LogP contribution in [-0.4, -0.2) is 43.7 Å². The van der Waals surface area contributed by atoms with E-state index < -0.39 is 0 Å². The Morgan fingerprint density at radius 2 is 1.96 bits per heavy atom. The van der Waals surface area contributed by atoms with Gasteiger partial charge >= 0.3 is 0 Å². The molecular formula is C21H28ClIN4O. The van der Waals surface area contributed by atoms with E-state index in [1.54, 1.807) is 0 Å². The van der Waals surface area contributed by atoms with Gasteiger partial charge in [0.1, 0.15) is 0 Å². The van der Waals surface area contributed by atoms with Crippen molar-refractivity contribution in [2.75, 3.05) is 38.2 Å². The SMILES string of the molecule is CCc1cccc(NC(N)=NCC(c2ccccc2Cl)N2CCOCC2)c1.I. The second-order valence-corrected chi connectivity index (χ2v) is 7.00. The quantitative estimate of drug-likeness (QED) is 0.342. The molecule has 1 heterocycles. The van der Waals surface area contributed by atoms with Gasteiger partial charge in [-0.3, -0.25) is 9.89 Å². The van der Waals surface area contributed by atoms with Crippen molar-refractivity contribution in [1.82, 2.24) is 4.90 Å². The number of anilines is 1. The Labute approximate surface area is 189 Å². The molecular weight excluding hydrogens is 487 g/mol. The van der Waals surface area contributed by atoms with E-state index >= 15 is 0 Å². The van der Waals surface area contributed by atoms with Crippen molar-refractivity contribution in [3.63, 3.8) is 0 Å². The van der Waals surface area contributed by atoms with Crippen molar-refractivity contribution in [3.05, 3.63) is 64.7 Å². The predicted molar refractivity (Wildman–Crippen MR) is 128 cm³/mol. The highest BCUT2D eigenvalue weighted by atomic mass is 127. The number of aliphatic imine (C=N–C) groups is 1. The van der Waals surface area contributed by atoms with E-state index in [0.29, 0.717) is 12.5 Å². The van der Waals surface area contributed by atoms with Gasteiger partial charge in [-0.15, -0.1) is 24.0 Å². The third-order valence-corrected chi connectivity index (χ3v) is 5.14. The Balaban J connectivity index is 0.00000280. The average molecular weight is 515 g/mol. The van der Waals surface area contributed by atoms with Crippen LogP contribution in [-0.2, 0) is 11.2 Å². The maximum absolute atomic E-state index is 6.46. The lowest BCUT2D eigenvalue weighted by atomic mass is 10.0. The number of aryl methyl sites for hydroxylation is 1. The van der Waals surface area contributed by atoms with Crippen molar-refractivity contribution >= 4 is 47.2 Å². The van der Waals surface area contributed by atoms with Gasteiger partial charge in [0, 0.05) is 23.8 Å². The zero-order valence-corrected chi connectivity index (χ0v) is 19.2. The van der Waals surface area contributed by atoms with Gasteiger partial charge in [0.05, 0.1) is 25.8 Å². The van der Waals surface area contributed by atoms with E-state index in [9.17, 15) is 0 Å². The summed E-state index contributed by atoms with van der Waals surface area (Å²) in [5, 5.41) is 3.95. The number of nitrogens with two attached hydrogens (primary N) is 1. The fourth-order valence-corrected chi connectivity index (χ4v) is 3.55. The van der Waals surface area contributed by atoms with Crippen LogP contribution in [0, 0.1) is 0 Å². The Kier molecular flexibility index (Phi) is 9.50. The van der Waals surface area contributed by atoms with Gasteiger partial charge in [-0.2, -0.15) is 0 Å². The molecule has 3 N–H and O–H groups in total. The summed E-state index contributed by atoms with van der Waals surface area (Å²) in [6.07, 6.45) is 0.984. The molecule has 0 aromatic heterocycles. The third-order valence-electron chi connectivity index (χ3n) is 4.79. The molecule has 0 spiro atoms. The van der Waals surface area contributed by atoms with Crippen LogP contribution in [0.2, 0.25) is 5.02 Å². The molecule has 1 unspecified atom stereocenters. The first kappa shape index (κ1) is 22.9. The van der Waals surface area contributed by atoms with Gasteiger partial charge in [-0.1, -0.05) is 48.9 Å². The third kappa shape index (κ3) is 6.34. The zero-order chi connectivity index (χ0) is 19.1. The Morgan fingerprint density at radius 3 is 2.68 bits per heavy atom. The van der Waals surface area contributed by atoms with Crippen LogP contribution >= 0.6 is 35.6 Å². The number of benzene rings is 2. The van der Waals surface area contributed by atoms with E-state index in [2.05, 4.69) is 40.3 Å². The van der Waals surface area contributed by atoms with E-state index in [0.717, 1.165) is 49.0 Å². The summed E-state index contributed by atoms with van der Waals surface area (Å²) >= 11 is 6.46. The van der Waals surface area contributed by atoms with Crippen molar-refractivity contribution < 1.29 is 4.74 Å². The highest BCUT2D eigenvalue weighted by molar-refractivity contribution is 14.0. The van der Waals surface area contributed by atoms with Crippen LogP contribution < -0.4 is 11.1 Å². The first-order chi connectivity index (χ1) is 13.2. The molecule has 1 saturated heterocycles. The molecule has 0 bridgehead atoms. The van der Waals surface area contributed by atoms with Crippen molar-refractivity contribution in [3.8, 4) is 0 Å². The summed E-state index contributed by atoms with van der Waals surface area (Å²) < 4.78 is 5.49. The molecule has 1 atom stereocenters. The van der Waals surface area contributed by atoms with Gasteiger partial charge in [0.15, 0.2) is 5.96 Å². The number of morpholine rings is 1. The molecule has 0 amide bonds. The van der Waals surface area contributed by atoms with Gasteiger partial charge in [0.2, 0.25) is 0 Å². The Morgan fingerprint density at radius 1 is 1.21 bits per heavy atom. The molecule has 1 fully saturated rings. The van der Waals surface area contributed by atoms with Crippen LogP contribution in [0.5, 0.6) is 0 Å². The van der Waals surface area contributed by atoms with E-state index in [1.165, 1.54) is 5.56 Å². The summed E-state index contributed by atoms with van der Waals surface area (Å²) in [6, 6.07) is 16.2. The number of hydrogen-bond donors (Lipinski definition) is 2. The zero-order valence-electron chi connectivity index (χ0n) is 16.1. The topological polar surface area (TPSA) is 62.9 Å². The minimum atomic E-state index is 0. The highest BCUT2D eigenvalue weighted by Gasteiger charge is 2.24. The first-order valence-electron chi connectivity index (χ1n) is 9.39. The van der Waals surface area contributed by atoms with Crippen molar-refractivity contribution in [2.24, 2.45) is 10.7 Å². The Hall–Kier alpha value is -1.35. The highest BCUT2D eigenvalue weighted by Crippen LogP contribution is 2.28. The van der Waals surface area contributed by atoms with Crippen LogP contribution in [0.4, 0.5) is 5.69 Å². The number of nitrogens with zero attached hydrogens (tertiary/aromatic N) is 2. The number of hydrogen-bond acceptors (Lipinski definition) is 3. The number of rotatable bonds is 6. The van der Waals surface area contributed by atoms with E-state index in [1.807, 2.05) is 30.3 Å². The molecule has 152 valence electrons. The van der Waals surface area contributed by atoms with Crippen LogP contribution in [0.15, 0.2) is 53.5 Å². The largest absolute Gasteiger partial charge is 0.379 e. The van der Waals surface area contributed by atoms with Gasteiger partial charge in [-0.25, -0.2) is 0 Å². The fraction of sp³-hybridized carbons (Fsp3) is 0.381. The molecule has 0 radical (unpaired) electrons. The molecule has 28 heavy (non-hydrogen) atoms. The van der Waals surface area contributed by atoms with Crippen molar-refractivity contribution in [2.45, 2.75) is 19.4 Å². The number of guanidine groups is 1. The fourth-order valence-electron chi connectivity index (χ4n) is 3.29. The predicted octanol–water partition coefficient (Wildman–Crippen LogP) is 4.32. The van der Waals surface area contributed by atoms with Gasteiger partial charge < -0.3 is 15.8 Å². The second kappa shape index (κ2) is 11.6. The lowest BCUT2D eigenvalue weighted by Crippen LogP contribution is -2.40. The summed E-state index contributed by atoms with van der Waals surface area (Å²) in [6.45, 7) is 5.84. The standard InChI is InChI=1S/C21H27ClN4O.HI/c1-2-16-6-5-7-17(14-16)25-21(23)24-15-20(26-10-12-27-13-11-26)18-8-3-4-9-19(18)22;/h3-9,14,20H,2,10-13,15H2,1H3,(H3,23,24,25);1H. The first-order valence-corrected chi connectivity index (χ1v) is 9.77. The lowest BCUT2D eigenvalue weighted by Gasteiger charge is -2.34. The van der Waals surface area contributed by atoms with Crippen LogP contribution in [0.1, 0.15) is 24.1 Å². The molecule has 3 rings (SSSR count). The summed E-state index contributed by atoms with van der Waals surface area (Å²) in [5.41, 5.74) is 9.44. The van der Waals surface area contributed by atoms with Crippen LogP contribution in [0.25, 0.3) is 0 Å². The molecule has 7 heteroatoms. The molecule has 5 nitrogen and oxygen atoms in total. The average Bonchev–Trinajstić information content (AvgIpc) is 2.70. The second-order valence-electron chi connectivity index (χ2n) is 6.59. The maximum atomic E-state index is 6.46. The smallest absolute Gasteiger partial charge is 0.193 e. The summed E-state index contributed by atoms with van der Waals surface area (Å²) in [4.78, 5) is 6.97. The number of nitrogens with one attached hydrogen (secondary N) is 1. The van der Waals surface area contributed by atoms with E-state index in [-0.39, 0.29) is 30.0 Å². The molecule has 2 aromatic carbocycles. The normalized spacial score (nSPS) is 16.3. The minimum Gasteiger partial charge on any atom is -0.379 e. The monoisotopic (exact) mass is 514 g/mol. The van der Waals surface area contributed by atoms with Crippen LogP contribution in [0.3, 0.4) is 0 Å². The molecule has 1 aliphatic rings. The minimum absolute atomic E-state index is 0. The Bertz CT molecular complexity index is 781. The molecule has 2 aromatic rings. The number of halogens is 2. The number of ether oxygens (including phenoxy) is 1.